The minimum atomic E-state index is -3.69. The van der Waals surface area contributed by atoms with Crippen LogP contribution in [0.3, 0.4) is 0 Å². The van der Waals surface area contributed by atoms with E-state index in [0.717, 1.165) is 15.8 Å². The molecule has 1 N–H and O–H groups in total. The number of sulfonamides is 1. The van der Waals surface area contributed by atoms with Gasteiger partial charge >= 0.3 is 4.87 Å². The second-order valence-electron chi connectivity index (χ2n) is 6.38. The van der Waals surface area contributed by atoms with Crippen molar-refractivity contribution in [2.24, 2.45) is 0 Å². The number of aromatic nitrogens is 1. The molecule has 1 aromatic heterocycles. The van der Waals surface area contributed by atoms with E-state index in [2.05, 4.69) is 20.9 Å². The van der Waals surface area contributed by atoms with Gasteiger partial charge in [-0.3, -0.25) is 9.59 Å². The summed E-state index contributed by atoms with van der Waals surface area (Å²) in [6.07, 6.45) is 0. The van der Waals surface area contributed by atoms with Gasteiger partial charge in [0.15, 0.2) is 0 Å². The fourth-order valence-electron chi connectivity index (χ4n) is 3.17. The standard InChI is InChI=1S/C18H16BrN3O4S2/c19-13-3-1-2-12(10-13)17(23)21-6-8-22(9-7-21)28(25,26)14-4-5-15-16(11-14)27-18(24)20-15/h1-5,10-11H,6-9H2,(H,20,24). The Morgan fingerprint density at radius 1 is 1.07 bits per heavy atom. The third-order valence-electron chi connectivity index (χ3n) is 4.63. The first kappa shape index (κ1) is 19.3. The third kappa shape index (κ3) is 3.64. The second-order valence-corrected chi connectivity index (χ2v) is 10.2. The summed E-state index contributed by atoms with van der Waals surface area (Å²) in [6.45, 7) is 1.10. The van der Waals surface area contributed by atoms with E-state index in [-0.39, 0.29) is 28.8 Å². The number of thiazole rings is 1. The molecule has 0 unspecified atom stereocenters. The highest BCUT2D eigenvalue weighted by Crippen LogP contribution is 2.24. The van der Waals surface area contributed by atoms with Gasteiger partial charge in [0.05, 0.1) is 15.1 Å². The van der Waals surface area contributed by atoms with Crippen LogP contribution in [0, 0.1) is 0 Å². The van der Waals surface area contributed by atoms with Crippen LogP contribution in [0.2, 0.25) is 0 Å². The number of H-pyrrole nitrogens is 1. The van der Waals surface area contributed by atoms with Crippen LogP contribution < -0.4 is 4.87 Å². The molecule has 3 aromatic rings. The topological polar surface area (TPSA) is 90.6 Å². The SMILES string of the molecule is O=C(c1cccc(Br)c1)N1CCN(S(=O)(=O)c2ccc3[nH]c(=O)sc3c2)CC1. The van der Waals surface area contributed by atoms with Crippen LogP contribution in [0.4, 0.5) is 0 Å². The summed E-state index contributed by atoms with van der Waals surface area (Å²) >= 11 is 4.34. The fourth-order valence-corrected chi connectivity index (χ4v) is 5.87. The maximum Gasteiger partial charge on any atom is 0.305 e. The zero-order valence-corrected chi connectivity index (χ0v) is 17.8. The Labute approximate surface area is 173 Å². The molecule has 4 rings (SSSR count). The van der Waals surface area contributed by atoms with Crippen molar-refractivity contribution in [3.8, 4) is 0 Å². The van der Waals surface area contributed by atoms with Crippen LogP contribution >= 0.6 is 27.3 Å². The molecule has 1 saturated heterocycles. The highest BCUT2D eigenvalue weighted by Gasteiger charge is 2.30. The number of aromatic amines is 1. The average Bonchev–Trinajstić information content (AvgIpc) is 3.06. The molecule has 1 amide bonds. The molecule has 0 atom stereocenters. The van der Waals surface area contributed by atoms with Crippen LogP contribution in [0.15, 0.2) is 56.6 Å². The lowest BCUT2D eigenvalue weighted by molar-refractivity contribution is 0.0698. The summed E-state index contributed by atoms with van der Waals surface area (Å²) < 4.78 is 28.7. The van der Waals surface area contributed by atoms with E-state index in [4.69, 9.17) is 0 Å². The number of fused-ring (bicyclic) bond motifs is 1. The Hall–Kier alpha value is -2.01. The second kappa shape index (κ2) is 7.43. The van der Waals surface area contributed by atoms with E-state index in [1.54, 1.807) is 29.2 Å². The molecule has 1 aliphatic heterocycles. The third-order valence-corrected chi connectivity index (χ3v) is 7.86. The van der Waals surface area contributed by atoms with Gasteiger partial charge in [-0.2, -0.15) is 4.31 Å². The number of hydrogen-bond donors (Lipinski definition) is 1. The highest BCUT2D eigenvalue weighted by atomic mass is 79.9. The van der Waals surface area contributed by atoms with Gasteiger partial charge in [-0.15, -0.1) is 0 Å². The van der Waals surface area contributed by atoms with Crippen molar-refractivity contribution in [1.82, 2.24) is 14.2 Å². The number of carbonyl (C=O) groups is 1. The number of hydrogen-bond acceptors (Lipinski definition) is 5. The van der Waals surface area contributed by atoms with Crippen LogP contribution in [0.1, 0.15) is 10.4 Å². The van der Waals surface area contributed by atoms with E-state index in [1.807, 2.05) is 6.07 Å². The van der Waals surface area contributed by atoms with Crippen LogP contribution in [-0.2, 0) is 10.0 Å². The van der Waals surface area contributed by atoms with Crippen molar-refractivity contribution in [2.45, 2.75) is 4.90 Å². The molecule has 7 nitrogen and oxygen atoms in total. The van der Waals surface area contributed by atoms with Gasteiger partial charge in [-0.1, -0.05) is 33.3 Å². The van der Waals surface area contributed by atoms with E-state index < -0.39 is 10.0 Å². The predicted molar refractivity (Wildman–Crippen MR) is 111 cm³/mol. The van der Waals surface area contributed by atoms with E-state index in [9.17, 15) is 18.0 Å². The molecule has 10 heteroatoms. The molecule has 1 fully saturated rings. The number of carbonyl (C=O) groups excluding carboxylic acids is 1. The average molecular weight is 482 g/mol. The van der Waals surface area contributed by atoms with Gasteiger partial charge in [0.1, 0.15) is 0 Å². The van der Waals surface area contributed by atoms with Crippen molar-refractivity contribution in [1.29, 1.82) is 0 Å². The molecule has 0 spiro atoms. The Balaban J connectivity index is 1.50. The highest BCUT2D eigenvalue weighted by molar-refractivity contribution is 9.10. The Morgan fingerprint density at radius 3 is 2.54 bits per heavy atom. The van der Waals surface area contributed by atoms with Crippen molar-refractivity contribution in [3.05, 3.63) is 62.2 Å². The first-order chi connectivity index (χ1) is 13.3. The molecule has 0 saturated carbocycles. The molecule has 146 valence electrons. The van der Waals surface area contributed by atoms with E-state index in [1.165, 1.54) is 16.4 Å². The maximum atomic E-state index is 13.0. The number of halogens is 1. The van der Waals surface area contributed by atoms with Gasteiger partial charge in [0, 0.05) is 36.2 Å². The summed E-state index contributed by atoms with van der Waals surface area (Å²) in [5.41, 5.74) is 1.19. The predicted octanol–water partition coefficient (Wildman–Crippen LogP) is 2.50. The monoisotopic (exact) mass is 481 g/mol. The van der Waals surface area contributed by atoms with Gasteiger partial charge in [0.25, 0.3) is 5.91 Å². The lowest BCUT2D eigenvalue weighted by Gasteiger charge is -2.34. The molecular formula is C18H16BrN3O4S2. The summed E-state index contributed by atoms with van der Waals surface area (Å²) in [6, 6.07) is 11.8. The minimum absolute atomic E-state index is 0.114. The zero-order valence-electron chi connectivity index (χ0n) is 14.6. The molecule has 28 heavy (non-hydrogen) atoms. The number of benzene rings is 2. The van der Waals surface area contributed by atoms with E-state index in [0.29, 0.717) is 28.9 Å². The Morgan fingerprint density at radius 2 is 1.82 bits per heavy atom. The van der Waals surface area contributed by atoms with Crippen LogP contribution in [-0.4, -0.2) is 54.7 Å². The van der Waals surface area contributed by atoms with Crippen LogP contribution in [0.25, 0.3) is 10.2 Å². The first-order valence-electron chi connectivity index (χ1n) is 8.52. The first-order valence-corrected chi connectivity index (χ1v) is 11.6. The number of piperazine rings is 1. The summed E-state index contributed by atoms with van der Waals surface area (Å²) in [5.74, 6) is -0.114. The molecule has 0 radical (unpaired) electrons. The van der Waals surface area contributed by atoms with Crippen LogP contribution in [0.5, 0.6) is 0 Å². The molecule has 0 aliphatic carbocycles. The summed E-state index contributed by atoms with van der Waals surface area (Å²) in [7, 11) is -3.69. The Kier molecular flexibility index (Phi) is 5.13. The number of nitrogens with one attached hydrogen (secondary N) is 1. The van der Waals surface area contributed by atoms with Gasteiger partial charge < -0.3 is 9.88 Å². The Bertz CT molecular complexity index is 1210. The summed E-state index contributed by atoms with van der Waals surface area (Å²) in [5, 5.41) is 0. The minimum Gasteiger partial charge on any atom is -0.336 e. The normalized spacial score (nSPS) is 15.8. The lowest BCUT2D eigenvalue weighted by atomic mass is 10.2. The fraction of sp³-hybridized carbons (Fsp3) is 0.222. The maximum absolute atomic E-state index is 13.0. The molecule has 2 aromatic carbocycles. The number of nitrogens with zero attached hydrogens (tertiary/aromatic N) is 2. The molecule has 1 aliphatic rings. The molecular weight excluding hydrogens is 466 g/mol. The largest absolute Gasteiger partial charge is 0.336 e. The number of amides is 1. The van der Waals surface area contributed by atoms with Gasteiger partial charge in [-0.05, 0) is 36.4 Å². The van der Waals surface area contributed by atoms with Gasteiger partial charge in [0.2, 0.25) is 10.0 Å². The summed E-state index contributed by atoms with van der Waals surface area (Å²) in [4.78, 5) is 28.3. The lowest BCUT2D eigenvalue weighted by Crippen LogP contribution is -2.50. The van der Waals surface area contributed by atoms with Crippen molar-refractivity contribution in [2.75, 3.05) is 26.2 Å². The number of rotatable bonds is 3. The van der Waals surface area contributed by atoms with Gasteiger partial charge in [-0.25, -0.2) is 8.42 Å². The van der Waals surface area contributed by atoms with Crippen molar-refractivity contribution >= 4 is 53.4 Å². The van der Waals surface area contributed by atoms with E-state index >= 15 is 0 Å². The van der Waals surface area contributed by atoms with Crippen molar-refractivity contribution in [3.63, 3.8) is 0 Å². The molecule has 2 heterocycles. The molecule has 0 bridgehead atoms. The quantitative estimate of drug-likeness (QED) is 0.621. The van der Waals surface area contributed by atoms with Crippen molar-refractivity contribution < 1.29 is 13.2 Å². The smallest absolute Gasteiger partial charge is 0.305 e. The zero-order chi connectivity index (χ0) is 19.9.